The molecule has 1 aromatic rings. The van der Waals surface area contributed by atoms with Crippen LogP contribution in [0.25, 0.3) is 0 Å². The van der Waals surface area contributed by atoms with Crippen molar-refractivity contribution < 1.29 is 0 Å². The molecule has 0 bridgehead atoms. The molecule has 1 aromatic heterocycles. The second-order valence-corrected chi connectivity index (χ2v) is 4.80. The lowest BCUT2D eigenvalue weighted by Gasteiger charge is -2.32. The van der Waals surface area contributed by atoms with Crippen LogP contribution >= 0.6 is 0 Å². The van der Waals surface area contributed by atoms with E-state index in [9.17, 15) is 0 Å². The highest BCUT2D eigenvalue weighted by molar-refractivity contribution is 5.53. The number of hydrogen-bond donors (Lipinski definition) is 2. The number of pyridine rings is 1. The lowest BCUT2D eigenvalue weighted by Crippen LogP contribution is -2.41. The molecule has 3 N–H and O–H groups in total. The molecule has 1 atom stereocenters. The second kappa shape index (κ2) is 5.36. The van der Waals surface area contributed by atoms with Crippen molar-refractivity contribution >= 4 is 11.5 Å². The Kier molecular flexibility index (Phi) is 3.84. The molecule has 0 aliphatic carbocycles. The van der Waals surface area contributed by atoms with Crippen LogP contribution in [-0.4, -0.2) is 35.6 Å². The number of likely N-dealkylation sites (N-methyl/N-ethyl adjacent to an activating group) is 1. The molecule has 0 spiro atoms. The van der Waals surface area contributed by atoms with Gasteiger partial charge in [0.1, 0.15) is 5.82 Å². The fourth-order valence-corrected chi connectivity index (χ4v) is 2.29. The third kappa shape index (κ3) is 3.09. The SMILES string of the molecule is CCN1CCCC(Nc2cc(N)c(C)cn2)C1. The van der Waals surface area contributed by atoms with E-state index in [1.54, 1.807) is 0 Å². The summed E-state index contributed by atoms with van der Waals surface area (Å²) in [6.45, 7) is 7.64. The Bertz CT molecular complexity index is 378. The molecule has 1 aliphatic heterocycles. The van der Waals surface area contributed by atoms with E-state index in [1.165, 1.54) is 19.4 Å². The van der Waals surface area contributed by atoms with Crippen LogP contribution in [-0.2, 0) is 0 Å². The van der Waals surface area contributed by atoms with Crippen LogP contribution in [0.4, 0.5) is 11.5 Å². The Balaban J connectivity index is 1.97. The monoisotopic (exact) mass is 234 g/mol. The van der Waals surface area contributed by atoms with Gasteiger partial charge in [0.15, 0.2) is 0 Å². The van der Waals surface area contributed by atoms with E-state index in [0.717, 1.165) is 30.2 Å². The lowest BCUT2D eigenvalue weighted by molar-refractivity contribution is 0.226. The lowest BCUT2D eigenvalue weighted by atomic mass is 10.1. The highest BCUT2D eigenvalue weighted by atomic mass is 15.2. The van der Waals surface area contributed by atoms with Crippen molar-refractivity contribution in [1.29, 1.82) is 0 Å². The number of aryl methyl sites for hydroxylation is 1. The van der Waals surface area contributed by atoms with Crippen LogP contribution in [0.1, 0.15) is 25.3 Å². The van der Waals surface area contributed by atoms with E-state index in [2.05, 4.69) is 22.1 Å². The molecule has 1 fully saturated rings. The molecule has 17 heavy (non-hydrogen) atoms. The normalized spacial score (nSPS) is 21.4. The van der Waals surface area contributed by atoms with Crippen LogP contribution in [0.3, 0.4) is 0 Å². The predicted molar refractivity (Wildman–Crippen MR) is 72.1 cm³/mol. The summed E-state index contributed by atoms with van der Waals surface area (Å²) >= 11 is 0. The minimum Gasteiger partial charge on any atom is -0.398 e. The molecule has 0 aromatic carbocycles. The van der Waals surface area contributed by atoms with Crippen molar-refractivity contribution in [1.82, 2.24) is 9.88 Å². The largest absolute Gasteiger partial charge is 0.398 e. The zero-order chi connectivity index (χ0) is 12.3. The topological polar surface area (TPSA) is 54.2 Å². The summed E-state index contributed by atoms with van der Waals surface area (Å²) in [5.41, 5.74) is 7.74. The number of nitrogen functional groups attached to an aromatic ring is 1. The zero-order valence-corrected chi connectivity index (χ0v) is 10.7. The first kappa shape index (κ1) is 12.2. The number of nitrogens with one attached hydrogen (secondary N) is 1. The summed E-state index contributed by atoms with van der Waals surface area (Å²) in [7, 11) is 0. The maximum absolute atomic E-state index is 5.89. The molecule has 2 heterocycles. The van der Waals surface area contributed by atoms with Gasteiger partial charge in [0, 0.05) is 30.5 Å². The van der Waals surface area contributed by atoms with E-state index >= 15 is 0 Å². The van der Waals surface area contributed by atoms with E-state index in [1.807, 2.05) is 19.2 Å². The molecular weight excluding hydrogens is 212 g/mol. The number of hydrogen-bond acceptors (Lipinski definition) is 4. The molecule has 1 aliphatic rings. The molecule has 94 valence electrons. The van der Waals surface area contributed by atoms with Gasteiger partial charge in [-0.2, -0.15) is 0 Å². The van der Waals surface area contributed by atoms with Gasteiger partial charge in [0.05, 0.1) is 0 Å². The van der Waals surface area contributed by atoms with Crippen molar-refractivity contribution in [2.75, 3.05) is 30.7 Å². The number of nitrogens with zero attached hydrogens (tertiary/aromatic N) is 2. The summed E-state index contributed by atoms with van der Waals surface area (Å²) in [5, 5.41) is 3.48. The van der Waals surface area contributed by atoms with Gasteiger partial charge in [-0.05, 0) is 38.4 Å². The molecule has 4 heteroatoms. The zero-order valence-electron chi connectivity index (χ0n) is 10.7. The van der Waals surface area contributed by atoms with Gasteiger partial charge in [-0.3, -0.25) is 0 Å². The van der Waals surface area contributed by atoms with Crippen molar-refractivity contribution in [2.45, 2.75) is 32.7 Å². The number of anilines is 2. The quantitative estimate of drug-likeness (QED) is 0.838. The average molecular weight is 234 g/mol. The van der Waals surface area contributed by atoms with Crippen LogP contribution in [0, 0.1) is 6.92 Å². The molecule has 2 rings (SSSR count). The average Bonchev–Trinajstić information content (AvgIpc) is 2.34. The van der Waals surface area contributed by atoms with Crippen molar-refractivity contribution in [3.8, 4) is 0 Å². The van der Waals surface area contributed by atoms with Crippen LogP contribution < -0.4 is 11.1 Å². The van der Waals surface area contributed by atoms with E-state index in [0.29, 0.717) is 6.04 Å². The highest BCUT2D eigenvalue weighted by Gasteiger charge is 2.18. The van der Waals surface area contributed by atoms with E-state index in [-0.39, 0.29) is 0 Å². The summed E-state index contributed by atoms with van der Waals surface area (Å²) in [6.07, 6.45) is 4.30. The third-order valence-electron chi connectivity index (χ3n) is 3.45. The number of aromatic nitrogens is 1. The maximum Gasteiger partial charge on any atom is 0.128 e. The Morgan fingerprint density at radius 3 is 3.12 bits per heavy atom. The van der Waals surface area contributed by atoms with Crippen molar-refractivity contribution in [2.24, 2.45) is 0 Å². The predicted octanol–water partition coefficient (Wildman–Crippen LogP) is 1.87. The first-order valence-electron chi connectivity index (χ1n) is 6.40. The number of likely N-dealkylation sites (tertiary alicyclic amines) is 1. The van der Waals surface area contributed by atoms with E-state index < -0.39 is 0 Å². The van der Waals surface area contributed by atoms with Crippen molar-refractivity contribution in [3.05, 3.63) is 17.8 Å². The minimum absolute atomic E-state index is 0.498. The molecule has 1 unspecified atom stereocenters. The first-order chi connectivity index (χ1) is 8.19. The van der Waals surface area contributed by atoms with Gasteiger partial charge in [-0.15, -0.1) is 0 Å². The second-order valence-electron chi connectivity index (χ2n) is 4.80. The van der Waals surface area contributed by atoms with Crippen LogP contribution in [0.2, 0.25) is 0 Å². The van der Waals surface area contributed by atoms with Gasteiger partial charge in [0.2, 0.25) is 0 Å². The van der Waals surface area contributed by atoms with Crippen LogP contribution in [0.15, 0.2) is 12.3 Å². The molecule has 0 radical (unpaired) electrons. The Hall–Kier alpha value is -1.29. The maximum atomic E-state index is 5.89. The fourth-order valence-electron chi connectivity index (χ4n) is 2.29. The molecule has 0 saturated carbocycles. The number of nitrogens with two attached hydrogens (primary N) is 1. The third-order valence-corrected chi connectivity index (χ3v) is 3.45. The van der Waals surface area contributed by atoms with Gasteiger partial charge in [0.25, 0.3) is 0 Å². The van der Waals surface area contributed by atoms with Gasteiger partial charge in [-0.25, -0.2) is 4.98 Å². The molecule has 1 saturated heterocycles. The van der Waals surface area contributed by atoms with Crippen molar-refractivity contribution in [3.63, 3.8) is 0 Å². The smallest absolute Gasteiger partial charge is 0.128 e. The summed E-state index contributed by atoms with van der Waals surface area (Å²) < 4.78 is 0. The standard InChI is InChI=1S/C13H22N4/c1-3-17-6-4-5-11(9-17)16-13-7-12(14)10(2)8-15-13/h7-8,11H,3-6,9H2,1-2H3,(H3,14,15,16). The Labute approximate surface area is 103 Å². The first-order valence-corrected chi connectivity index (χ1v) is 6.40. The molecule has 0 amide bonds. The van der Waals surface area contributed by atoms with E-state index in [4.69, 9.17) is 5.73 Å². The van der Waals surface area contributed by atoms with Gasteiger partial charge < -0.3 is 16.0 Å². The van der Waals surface area contributed by atoms with Gasteiger partial charge in [-0.1, -0.05) is 6.92 Å². The Morgan fingerprint density at radius 1 is 1.59 bits per heavy atom. The highest BCUT2D eigenvalue weighted by Crippen LogP contribution is 2.17. The van der Waals surface area contributed by atoms with Crippen LogP contribution in [0.5, 0.6) is 0 Å². The number of rotatable bonds is 3. The van der Waals surface area contributed by atoms with Gasteiger partial charge >= 0.3 is 0 Å². The minimum atomic E-state index is 0.498. The summed E-state index contributed by atoms with van der Waals surface area (Å²) in [6, 6.07) is 2.43. The Morgan fingerprint density at radius 2 is 2.41 bits per heavy atom. The molecule has 4 nitrogen and oxygen atoms in total. The fraction of sp³-hybridized carbons (Fsp3) is 0.615. The summed E-state index contributed by atoms with van der Waals surface area (Å²) in [4.78, 5) is 6.85. The molecular formula is C13H22N4. The summed E-state index contributed by atoms with van der Waals surface area (Å²) in [5.74, 6) is 0.899. The number of piperidine rings is 1.